The number of rotatable bonds is 60. The average Bonchev–Trinajstić information content (AvgIpc) is 3.63. The summed E-state index contributed by atoms with van der Waals surface area (Å²) >= 11 is 0. The van der Waals surface area contributed by atoms with Crippen LogP contribution in [0.1, 0.15) is 316 Å². The van der Waals surface area contributed by atoms with Crippen molar-refractivity contribution >= 4 is 11.9 Å². The van der Waals surface area contributed by atoms with Crippen LogP contribution in [0.3, 0.4) is 0 Å². The van der Waals surface area contributed by atoms with Crippen LogP contribution in [0.2, 0.25) is 0 Å². The highest BCUT2D eigenvalue weighted by molar-refractivity contribution is 5.76. The standard InChI is InChI=1S/C71H129NO10/c1-3-5-7-9-11-13-14-15-16-17-26-30-33-36-39-43-47-51-55-59-67(76)80-60-56-52-48-44-40-37-34-31-28-25-23-21-19-18-20-22-24-27-29-32-35-38-42-46-50-54-58-66(75)72-63(64(74)57-53-49-45-41-12-10-8-6-4-2)62-81-71-70(79)69(78)68(77)65(61-73)82-71/h11-13,15-16,18,20,41,53,57,63-65,68-71,73-74,77-79H,3-10,14,17,19,21-40,42-52,54-56,58-62H2,1-2H3,(H,72,75)/b13-11-,16-15-,20-18-,41-12+,57-53+. The number of unbranched alkanes of at least 4 members (excludes halogenated alkanes) is 38. The Morgan fingerprint density at radius 1 is 0.451 bits per heavy atom. The summed E-state index contributed by atoms with van der Waals surface area (Å²) in [6.45, 7) is 4.26. The van der Waals surface area contributed by atoms with Gasteiger partial charge in [-0.1, -0.05) is 261 Å². The van der Waals surface area contributed by atoms with Crippen molar-refractivity contribution in [1.82, 2.24) is 5.32 Å². The van der Waals surface area contributed by atoms with Crippen LogP contribution in [-0.4, -0.2) is 100 Å². The molecule has 6 N–H and O–H groups in total. The minimum atomic E-state index is -1.58. The van der Waals surface area contributed by atoms with Gasteiger partial charge in [0.05, 0.1) is 32.0 Å². The first-order chi connectivity index (χ1) is 40.2. The number of ether oxygens (including phenoxy) is 3. The van der Waals surface area contributed by atoms with Gasteiger partial charge in [0.2, 0.25) is 5.91 Å². The van der Waals surface area contributed by atoms with Crippen molar-refractivity contribution in [2.75, 3.05) is 19.8 Å². The third kappa shape index (κ3) is 48.6. The van der Waals surface area contributed by atoms with Gasteiger partial charge in [0.15, 0.2) is 6.29 Å². The molecule has 1 heterocycles. The Morgan fingerprint density at radius 2 is 0.829 bits per heavy atom. The number of allylic oxidation sites excluding steroid dienone is 9. The Bertz CT molecular complexity index is 1550. The summed E-state index contributed by atoms with van der Waals surface area (Å²) < 4.78 is 16.7. The highest BCUT2D eigenvalue weighted by Crippen LogP contribution is 2.23. The molecule has 0 aliphatic carbocycles. The highest BCUT2D eigenvalue weighted by atomic mass is 16.7. The maximum atomic E-state index is 13.0. The lowest BCUT2D eigenvalue weighted by molar-refractivity contribution is -0.302. The molecule has 478 valence electrons. The molecule has 0 radical (unpaired) electrons. The maximum Gasteiger partial charge on any atom is 0.305 e. The van der Waals surface area contributed by atoms with Crippen molar-refractivity contribution in [3.8, 4) is 0 Å². The summed E-state index contributed by atoms with van der Waals surface area (Å²) in [5.41, 5.74) is 0. The molecule has 7 atom stereocenters. The molecule has 1 rings (SSSR count). The van der Waals surface area contributed by atoms with E-state index in [1.54, 1.807) is 6.08 Å². The van der Waals surface area contributed by atoms with Crippen molar-refractivity contribution in [3.63, 3.8) is 0 Å². The lowest BCUT2D eigenvalue weighted by Gasteiger charge is -2.40. The van der Waals surface area contributed by atoms with E-state index < -0.39 is 49.5 Å². The van der Waals surface area contributed by atoms with Gasteiger partial charge < -0.3 is 45.1 Å². The summed E-state index contributed by atoms with van der Waals surface area (Å²) in [7, 11) is 0. The van der Waals surface area contributed by atoms with E-state index in [2.05, 4.69) is 67.8 Å². The van der Waals surface area contributed by atoms with Crippen molar-refractivity contribution < 1.29 is 49.3 Å². The van der Waals surface area contributed by atoms with E-state index in [4.69, 9.17) is 14.2 Å². The zero-order valence-electron chi connectivity index (χ0n) is 52.9. The summed E-state index contributed by atoms with van der Waals surface area (Å²) in [4.78, 5) is 25.1. The molecule has 0 spiro atoms. The fraction of sp³-hybridized carbons (Fsp3) is 0.831. The Balaban J connectivity index is 1.93. The van der Waals surface area contributed by atoms with Crippen molar-refractivity contribution in [2.24, 2.45) is 0 Å². The molecular formula is C71H129NO10. The molecule has 0 saturated carbocycles. The molecule has 1 fully saturated rings. The van der Waals surface area contributed by atoms with E-state index in [9.17, 15) is 35.1 Å². The molecule has 11 nitrogen and oxygen atoms in total. The summed E-state index contributed by atoms with van der Waals surface area (Å²) in [5.74, 6) is -0.197. The minimum Gasteiger partial charge on any atom is -0.466 e. The molecule has 0 aromatic rings. The second kappa shape index (κ2) is 60.1. The number of hydrogen-bond acceptors (Lipinski definition) is 10. The van der Waals surface area contributed by atoms with Gasteiger partial charge in [0, 0.05) is 12.8 Å². The lowest BCUT2D eigenvalue weighted by Crippen LogP contribution is -2.60. The first-order valence-electron chi connectivity index (χ1n) is 34.6. The van der Waals surface area contributed by atoms with Crippen molar-refractivity contribution in [1.29, 1.82) is 0 Å². The molecule has 0 aromatic carbocycles. The third-order valence-corrected chi connectivity index (χ3v) is 16.1. The van der Waals surface area contributed by atoms with E-state index in [1.165, 1.54) is 225 Å². The number of aliphatic hydroxyl groups excluding tert-OH is 5. The predicted octanol–water partition coefficient (Wildman–Crippen LogP) is 17.3. The summed E-state index contributed by atoms with van der Waals surface area (Å²) in [5, 5.41) is 54.2. The zero-order chi connectivity index (χ0) is 59.5. The van der Waals surface area contributed by atoms with Crippen LogP contribution < -0.4 is 5.32 Å². The SMILES string of the molecule is CCCCC/C=C\C/C=C\CCCCCCCCCCCC(=O)OCCCCCCCCCCCCCC/C=C\CCCCCCCCCCCCC(=O)NC(COC1OC(CO)C(O)C(O)C1O)C(O)/C=C/CC/C=C/CCCCC. The molecule has 1 aliphatic rings. The van der Waals surface area contributed by atoms with Gasteiger partial charge in [-0.2, -0.15) is 0 Å². The Hall–Kier alpha value is -2.64. The second-order valence-corrected chi connectivity index (χ2v) is 23.9. The van der Waals surface area contributed by atoms with Crippen molar-refractivity contribution in [3.05, 3.63) is 60.8 Å². The van der Waals surface area contributed by atoms with Crippen LogP contribution in [0.15, 0.2) is 60.8 Å². The highest BCUT2D eigenvalue weighted by Gasteiger charge is 2.44. The zero-order valence-corrected chi connectivity index (χ0v) is 52.9. The van der Waals surface area contributed by atoms with Crippen LogP contribution in [0.5, 0.6) is 0 Å². The number of esters is 1. The predicted molar refractivity (Wildman–Crippen MR) is 343 cm³/mol. The maximum absolute atomic E-state index is 13.0. The van der Waals surface area contributed by atoms with Gasteiger partial charge in [-0.3, -0.25) is 9.59 Å². The van der Waals surface area contributed by atoms with Crippen LogP contribution in [0, 0.1) is 0 Å². The number of carbonyl (C=O) groups excluding carboxylic acids is 2. The Kier molecular flexibility index (Phi) is 56.7. The summed E-state index contributed by atoms with van der Waals surface area (Å²) in [6, 6.07) is -0.829. The molecule has 1 saturated heterocycles. The average molecular weight is 1160 g/mol. The van der Waals surface area contributed by atoms with Crippen LogP contribution in [0.4, 0.5) is 0 Å². The molecule has 82 heavy (non-hydrogen) atoms. The lowest BCUT2D eigenvalue weighted by atomic mass is 9.99. The van der Waals surface area contributed by atoms with Gasteiger partial charge in [0.25, 0.3) is 0 Å². The topological polar surface area (TPSA) is 175 Å². The monoisotopic (exact) mass is 1160 g/mol. The number of nitrogens with one attached hydrogen (secondary N) is 1. The first kappa shape index (κ1) is 77.4. The minimum absolute atomic E-state index is 0.000205. The molecule has 1 aliphatic heterocycles. The van der Waals surface area contributed by atoms with E-state index in [1.807, 2.05) is 6.08 Å². The number of hydrogen-bond donors (Lipinski definition) is 6. The summed E-state index contributed by atoms with van der Waals surface area (Å²) in [6.07, 6.45) is 69.4. The smallest absolute Gasteiger partial charge is 0.305 e. The molecule has 7 unspecified atom stereocenters. The molecule has 0 aromatic heterocycles. The number of aliphatic hydroxyl groups is 5. The molecular weight excluding hydrogens is 1030 g/mol. The first-order valence-corrected chi connectivity index (χ1v) is 34.6. The largest absolute Gasteiger partial charge is 0.466 e. The van der Waals surface area contributed by atoms with Gasteiger partial charge in [-0.15, -0.1) is 0 Å². The normalized spacial score (nSPS) is 18.5. The number of carbonyl (C=O) groups is 2. The van der Waals surface area contributed by atoms with Gasteiger partial charge >= 0.3 is 5.97 Å². The fourth-order valence-corrected chi connectivity index (χ4v) is 10.6. The van der Waals surface area contributed by atoms with Gasteiger partial charge in [0.1, 0.15) is 24.4 Å². The molecule has 11 heteroatoms. The van der Waals surface area contributed by atoms with E-state index in [0.717, 1.165) is 64.2 Å². The van der Waals surface area contributed by atoms with Crippen LogP contribution in [0.25, 0.3) is 0 Å². The van der Waals surface area contributed by atoms with E-state index >= 15 is 0 Å². The fourth-order valence-electron chi connectivity index (χ4n) is 10.6. The van der Waals surface area contributed by atoms with E-state index in [-0.39, 0.29) is 18.5 Å². The second-order valence-electron chi connectivity index (χ2n) is 23.9. The van der Waals surface area contributed by atoms with Gasteiger partial charge in [-0.05, 0) is 103 Å². The van der Waals surface area contributed by atoms with Gasteiger partial charge in [-0.25, -0.2) is 0 Å². The Labute approximate surface area is 503 Å². The van der Waals surface area contributed by atoms with Crippen LogP contribution in [-0.2, 0) is 23.8 Å². The molecule has 0 bridgehead atoms. The number of amides is 1. The van der Waals surface area contributed by atoms with Crippen LogP contribution >= 0.6 is 0 Å². The quantitative estimate of drug-likeness (QED) is 0.0195. The molecule has 1 amide bonds. The Morgan fingerprint density at radius 3 is 1.28 bits per heavy atom. The van der Waals surface area contributed by atoms with E-state index in [0.29, 0.717) is 19.4 Å². The van der Waals surface area contributed by atoms with Crippen molar-refractivity contribution in [2.45, 2.75) is 358 Å². The third-order valence-electron chi connectivity index (χ3n) is 16.1.